The number of nitrogens with zero attached hydrogens (tertiary/aromatic N) is 3. The molecule has 0 aliphatic carbocycles. The summed E-state index contributed by atoms with van der Waals surface area (Å²) in [4.78, 5) is 24.6. The average molecular weight is 514 g/mol. The Labute approximate surface area is 217 Å². The van der Waals surface area contributed by atoms with E-state index in [9.17, 15) is 19.4 Å². The summed E-state index contributed by atoms with van der Waals surface area (Å²) < 4.78 is 15.7. The first-order valence-corrected chi connectivity index (χ1v) is 12.6. The molecule has 0 atom stereocenters. The number of rotatable bonds is 7. The number of hydrogen-bond donors (Lipinski definition) is 2. The van der Waals surface area contributed by atoms with Gasteiger partial charge in [-0.2, -0.15) is 0 Å². The maximum atomic E-state index is 14.2. The number of aliphatic hydroxyl groups is 1. The van der Waals surface area contributed by atoms with E-state index in [4.69, 9.17) is 4.98 Å². The summed E-state index contributed by atoms with van der Waals surface area (Å²) in [5, 5.41) is 19.7. The van der Waals surface area contributed by atoms with Gasteiger partial charge in [0.1, 0.15) is 5.82 Å². The number of aromatic nitrogens is 3. The van der Waals surface area contributed by atoms with E-state index in [1.807, 2.05) is 48.5 Å². The number of phenols is 1. The maximum Gasteiger partial charge on any atom is 0.262 e. The third-order valence-corrected chi connectivity index (χ3v) is 7.32. The lowest BCUT2D eigenvalue weighted by atomic mass is 10.1. The zero-order valence-electron chi connectivity index (χ0n) is 20.1. The van der Waals surface area contributed by atoms with E-state index in [1.165, 1.54) is 28.0 Å². The van der Waals surface area contributed by atoms with Crippen molar-refractivity contribution in [3.05, 3.63) is 112 Å². The predicted molar refractivity (Wildman–Crippen MR) is 143 cm³/mol. The van der Waals surface area contributed by atoms with Gasteiger partial charge in [-0.1, -0.05) is 42.5 Å². The van der Waals surface area contributed by atoms with Crippen LogP contribution in [-0.4, -0.2) is 24.7 Å². The highest BCUT2D eigenvalue weighted by molar-refractivity contribution is 7.18. The number of aryl methyl sites for hydroxylation is 2. The predicted octanol–water partition coefficient (Wildman–Crippen LogP) is 5.59. The topological polar surface area (TPSA) is 88.2 Å². The van der Waals surface area contributed by atoms with Crippen molar-refractivity contribution >= 4 is 11.3 Å². The highest BCUT2D eigenvalue weighted by atomic mass is 32.1. The zero-order valence-corrected chi connectivity index (χ0v) is 20.9. The largest absolute Gasteiger partial charge is 0.504 e. The van der Waals surface area contributed by atoms with Crippen molar-refractivity contribution < 1.29 is 14.6 Å². The van der Waals surface area contributed by atoms with Gasteiger partial charge < -0.3 is 10.2 Å². The van der Waals surface area contributed by atoms with Crippen LogP contribution in [0.4, 0.5) is 4.39 Å². The molecule has 0 fully saturated rings. The molecule has 2 aromatic carbocycles. The average Bonchev–Trinajstić information content (AvgIpc) is 3.40. The fourth-order valence-corrected chi connectivity index (χ4v) is 5.32. The molecule has 0 aliphatic heterocycles. The van der Waals surface area contributed by atoms with Gasteiger partial charge in [-0.3, -0.25) is 14.3 Å². The summed E-state index contributed by atoms with van der Waals surface area (Å²) >= 11 is 1.45. The molecule has 6 nitrogen and oxygen atoms in total. The van der Waals surface area contributed by atoms with E-state index in [0.717, 1.165) is 20.9 Å². The van der Waals surface area contributed by atoms with Gasteiger partial charge in [0.05, 0.1) is 29.1 Å². The van der Waals surface area contributed by atoms with Crippen molar-refractivity contribution in [1.82, 2.24) is 14.5 Å². The normalized spacial score (nSPS) is 11.1. The van der Waals surface area contributed by atoms with Crippen LogP contribution in [0.2, 0.25) is 0 Å². The molecular weight excluding hydrogens is 489 g/mol. The molecule has 0 aliphatic rings. The fourth-order valence-electron chi connectivity index (χ4n) is 4.23. The number of pyridine rings is 1. The third-order valence-electron chi connectivity index (χ3n) is 6.17. The van der Waals surface area contributed by atoms with Gasteiger partial charge in [-0.15, -0.1) is 11.3 Å². The van der Waals surface area contributed by atoms with Gasteiger partial charge in [-0.05, 0) is 49.2 Å². The van der Waals surface area contributed by atoms with E-state index >= 15 is 0 Å². The molecule has 186 valence electrons. The summed E-state index contributed by atoms with van der Waals surface area (Å²) in [6, 6.07) is 21.4. The van der Waals surface area contributed by atoms with Crippen LogP contribution in [-0.2, 0) is 19.6 Å². The lowest BCUT2D eigenvalue weighted by molar-refractivity contribution is 0.277. The molecule has 2 N–H and O–H groups in total. The molecule has 0 unspecified atom stereocenters. The molecule has 0 amide bonds. The van der Waals surface area contributed by atoms with Crippen LogP contribution in [0.25, 0.3) is 32.3 Å². The van der Waals surface area contributed by atoms with Gasteiger partial charge in [0.2, 0.25) is 0 Å². The molecule has 0 saturated heterocycles. The van der Waals surface area contributed by atoms with Crippen molar-refractivity contribution in [2.45, 2.75) is 26.5 Å². The summed E-state index contributed by atoms with van der Waals surface area (Å²) in [5.41, 5.74) is 3.36. The second kappa shape index (κ2) is 10.5. The monoisotopic (exact) mass is 513 g/mol. The number of para-hydroxylation sites is 1. The lowest BCUT2D eigenvalue weighted by Gasteiger charge is -2.16. The van der Waals surface area contributed by atoms with Gasteiger partial charge in [-0.25, -0.2) is 9.37 Å². The third kappa shape index (κ3) is 4.94. The number of aliphatic hydroxyl groups excluding tert-OH is 1. The van der Waals surface area contributed by atoms with E-state index in [1.54, 1.807) is 25.3 Å². The van der Waals surface area contributed by atoms with Crippen molar-refractivity contribution in [3.63, 3.8) is 0 Å². The number of thiophene rings is 1. The second-order valence-electron chi connectivity index (χ2n) is 8.58. The first-order chi connectivity index (χ1) is 18.0. The van der Waals surface area contributed by atoms with E-state index in [0.29, 0.717) is 29.9 Å². The number of aromatic hydroxyl groups is 1. The SMILES string of the molecule is Cc1nc(-c2cccc(F)c2O)n(CCc2ccccc2)c(=O)c1-c1ccc(-c2ccc(CO)nc2)s1. The fraction of sp³-hybridized carbons (Fsp3) is 0.138. The summed E-state index contributed by atoms with van der Waals surface area (Å²) in [7, 11) is 0. The smallest absolute Gasteiger partial charge is 0.262 e. The molecular formula is C29H24FN3O3S. The molecule has 8 heteroatoms. The van der Waals surface area contributed by atoms with Crippen LogP contribution in [0.3, 0.4) is 0 Å². The highest BCUT2D eigenvalue weighted by Crippen LogP contribution is 2.36. The summed E-state index contributed by atoms with van der Waals surface area (Å²) in [6.07, 6.45) is 2.26. The molecule has 3 heterocycles. The molecule has 5 aromatic rings. The van der Waals surface area contributed by atoms with Crippen LogP contribution in [0.1, 0.15) is 17.0 Å². The Balaban J connectivity index is 1.62. The first kappa shape index (κ1) is 24.5. The maximum absolute atomic E-state index is 14.2. The lowest BCUT2D eigenvalue weighted by Crippen LogP contribution is -2.27. The zero-order chi connectivity index (χ0) is 25.9. The van der Waals surface area contributed by atoms with Crippen molar-refractivity contribution in [3.8, 4) is 38.0 Å². The Kier molecular flexibility index (Phi) is 6.94. The number of hydrogen-bond acceptors (Lipinski definition) is 6. The molecule has 0 spiro atoms. The van der Waals surface area contributed by atoms with Gasteiger partial charge in [0, 0.05) is 28.1 Å². The number of halogens is 1. The van der Waals surface area contributed by atoms with Crippen LogP contribution in [0.15, 0.2) is 83.8 Å². The van der Waals surface area contributed by atoms with Crippen molar-refractivity contribution in [2.24, 2.45) is 0 Å². The second-order valence-corrected chi connectivity index (χ2v) is 9.67. The molecule has 0 saturated carbocycles. The standard InChI is InChI=1S/C29H24FN3O3S/c1-18-26(25-13-12-24(37-25)20-10-11-21(17-34)31-16-20)29(36)33(15-14-19-6-3-2-4-7-19)28(32-18)22-8-5-9-23(30)27(22)35/h2-13,16,34-35H,14-15,17H2,1H3. The highest BCUT2D eigenvalue weighted by Gasteiger charge is 2.21. The molecule has 3 aromatic heterocycles. The minimum atomic E-state index is -0.771. The van der Waals surface area contributed by atoms with Crippen LogP contribution in [0.5, 0.6) is 5.75 Å². The quantitative estimate of drug-likeness (QED) is 0.296. The van der Waals surface area contributed by atoms with Gasteiger partial charge in [0.25, 0.3) is 5.56 Å². The Morgan fingerprint density at radius 2 is 1.76 bits per heavy atom. The minimum absolute atomic E-state index is 0.128. The summed E-state index contributed by atoms with van der Waals surface area (Å²) in [6.45, 7) is 1.92. The Hall–Kier alpha value is -4.14. The molecule has 5 rings (SSSR count). The van der Waals surface area contributed by atoms with Crippen LogP contribution < -0.4 is 5.56 Å². The Bertz CT molecular complexity index is 1610. The number of phenolic OH excluding ortho intramolecular Hbond substituents is 1. The first-order valence-electron chi connectivity index (χ1n) is 11.8. The van der Waals surface area contributed by atoms with E-state index in [-0.39, 0.29) is 23.6 Å². The van der Waals surface area contributed by atoms with Gasteiger partial charge >= 0.3 is 0 Å². The Morgan fingerprint density at radius 1 is 0.973 bits per heavy atom. The van der Waals surface area contributed by atoms with E-state index < -0.39 is 11.6 Å². The number of benzene rings is 2. The Morgan fingerprint density at radius 3 is 2.49 bits per heavy atom. The molecule has 0 bridgehead atoms. The van der Waals surface area contributed by atoms with Crippen LogP contribution >= 0.6 is 11.3 Å². The van der Waals surface area contributed by atoms with Gasteiger partial charge in [0.15, 0.2) is 11.6 Å². The summed E-state index contributed by atoms with van der Waals surface area (Å²) in [5.74, 6) is -1.08. The molecule has 37 heavy (non-hydrogen) atoms. The van der Waals surface area contributed by atoms with Crippen molar-refractivity contribution in [1.29, 1.82) is 0 Å². The molecule has 0 radical (unpaired) electrons. The minimum Gasteiger partial charge on any atom is -0.504 e. The van der Waals surface area contributed by atoms with Crippen LogP contribution in [0, 0.1) is 12.7 Å². The van der Waals surface area contributed by atoms with E-state index in [2.05, 4.69) is 4.98 Å². The van der Waals surface area contributed by atoms with Crippen molar-refractivity contribution in [2.75, 3.05) is 0 Å².